The zero-order valence-electron chi connectivity index (χ0n) is 9.81. The van der Waals surface area contributed by atoms with Crippen LogP contribution in [0.5, 0.6) is 5.75 Å². The van der Waals surface area contributed by atoms with Gasteiger partial charge in [0.15, 0.2) is 0 Å². The van der Waals surface area contributed by atoms with E-state index in [4.69, 9.17) is 11.6 Å². The molecule has 1 N–H and O–H groups in total. The van der Waals surface area contributed by atoms with E-state index in [0.29, 0.717) is 5.75 Å². The molecule has 0 bridgehead atoms. The van der Waals surface area contributed by atoms with E-state index in [-0.39, 0.29) is 10.8 Å². The lowest BCUT2D eigenvalue weighted by Crippen LogP contribution is -2.06. The Bertz CT molecular complexity index is 417. The Hall–Kier alpha value is -0.690. The van der Waals surface area contributed by atoms with Gasteiger partial charge in [-0.25, -0.2) is 0 Å². The highest BCUT2D eigenvalue weighted by atomic mass is 35.5. The molecule has 0 atom stereocenters. The molecule has 0 radical (unpaired) electrons. The summed E-state index contributed by atoms with van der Waals surface area (Å²) < 4.78 is 0. The van der Waals surface area contributed by atoms with Crippen molar-refractivity contribution < 1.29 is 5.11 Å². The Morgan fingerprint density at radius 2 is 1.50 bits per heavy atom. The number of rotatable bonds is 2. The second kappa shape index (κ2) is 2.95. The van der Waals surface area contributed by atoms with Crippen molar-refractivity contribution in [3.05, 3.63) is 28.3 Å². The van der Waals surface area contributed by atoms with Gasteiger partial charge in [-0.05, 0) is 54.2 Å². The maximum absolute atomic E-state index is 9.99. The molecule has 16 heavy (non-hydrogen) atoms. The first kappa shape index (κ1) is 10.5. The molecular formula is C14H17ClO. The number of halogens is 1. The zero-order chi connectivity index (χ0) is 11.6. The minimum absolute atomic E-state index is 0.203. The smallest absolute Gasteiger partial charge is 0.120 e. The first-order valence-corrected chi connectivity index (χ1v) is 6.36. The average molecular weight is 237 g/mol. The number of phenols is 1. The fourth-order valence-corrected chi connectivity index (χ4v) is 2.81. The number of hydrogen-bond donors (Lipinski definition) is 1. The average Bonchev–Trinajstić information content (AvgIpc) is 3.08. The van der Waals surface area contributed by atoms with Crippen molar-refractivity contribution in [1.82, 2.24) is 0 Å². The molecule has 0 unspecified atom stereocenters. The number of aromatic hydroxyl groups is 1. The lowest BCUT2D eigenvalue weighted by Gasteiger charge is -2.18. The maximum Gasteiger partial charge on any atom is 0.120 e. The second-order valence-corrected chi connectivity index (χ2v) is 6.38. The van der Waals surface area contributed by atoms with Crippen LogP contribution in [0, 0.1) is 0 Å². The van der Waals surface area contributed by atoms with Gasteiger partial charge in [0.25, 0.3) is 0 Å². The summed E-state index contributed by atoms with van der Waals surface area (Å²) in [6, 6.07) is 3.89. The van der Waals surface area contributed by atoms with Crippen LogP contribution in [0.4, 0.5) is 0 Å². The van der Waals surface area contributed by atoms with Gasteiger partial charge >= 0.3 is 0 Å². The molecule has 1 aromatic rings. The summed E-state index contributed by atoms with van der Waals surface area (Å²) in [7, 11) is 0. The molecule has 1 aromatic carbocycles. The van der Waals surface area contributed by atoms with Crippen LogP contribution in [-0.4, -0.2) is 5.11 Å². The van der Waals surface area contributed by atoms with Gasteiger partial charge in [0.2, 0.25) is 0 Å². The molecule has 0 amide bonds. The SMILES string of the molecule is CC1(c2cc(C3(C)CC3)c(Cl)cc2O)CC1. The molecule has 0 heterocycles. The summed E-state index contributed by atoms with van der Waals surface area (Å²) in [4.78, 5) is 0. The van der Waals surface area contributed by atoms with Crippen molar-refractivity contribution in [3.8, 4) is 5.75 Å². The largest absolute Gasteiger partial charge is 0.508 e. The molecule has 2 fully saturated rings. The van der Waals surface area contributed by atoms with Gasteiger partial charge in [-0.3, -0.25) is 0 Å². The van der Waals surface area contributed by atoms with E-state index in [1.165, 1.54) is 31.2 Å². The second-order valence-electron chi connectivity index (χ2n) is 5.97. The quantitative estimate of drug-likeness (QED) is 0.818. The molecule has 2 saturated carbocycles. The molecule has 1 nitrogen and oxygen atoms in total. The van der Waals surface area contributed by atoms with Gasteiger partial charge in [-0.15, -0.1) is 0 Å². The minimum Gasteiger partial charge on any atom is -0.508 e. The summed E-state index contributed by atoms with van der Waals surface area (Å²) in [5.74, 6) is 0.373. The molecule has 0 spiro atoms. The monoisotopic (exact) mass is 236 g/mol. The topological polar surface area (TPSA) is 20.2 Å². The van der Waals surface area contributed by atoms with E-state index in [9.17, 15) is 5.11 Å². The van der Waals surface area contributed by atoms with E-state index in [0.717, 1.165) is 10.6 Å². The Labute approximate surface area is 101 Å². The van der Waals surface area contributed by atoms with Gasteiger partial charge in [0.1, 0.15) is 5.75 Å². The van der Waals surface area contributed by atoms with E-state index in [2.05, 4.69) is 19.9 Å². The van der Waals surface area contributed by atoms with E-state index in [1.807, 2.05) is 0 Å². The van der Waals surface area contributed by atoms with Crippen LogP contribution in [-0.2, 0) is 10.8 Å². The van der Waals surface area contributed by atoms with Gasteiger partial charge in [0, 0.05) is 10.6 Å². The highest BCUT2D eigenvalue weighted by Gasteiger charge is 2.45. The van der Waals surface area contributed by atoms with Crippen molar-refractivity contribution in [2.75, 3.05) is 0 Å². The molecule has 0 saturated heterocycles. The molecule has 0 aliphatic heterocycles. The number of benzene rings is 1. The first-order valence-electron chi connectivity index (χ1n) is 5.98. The van der Waals surface area contributed by atoms with Gasteiger partial charge in [-0.2, -0.15) is 0 Å². The number of hydrogen-bond acceptors (Lipinski definition) is 1. The van der Waals surface area contributed by atoms with Crippen LogP contribution in [0.1, 0.15) is 50.7 Å². The normalized spacial score (nSPS) is 24.2. The number of phenolic OH excluding ortho intramolecular Hbond substituents is 1. The third kappa shape index (κ3) is 1.45. The summed E-state index contributed by atoms with van der Waals surface area (Å²) in [6.45, 7) is 4.47. The molecule has 0 aromatic heterocycles. The molecule has 3 rings (SSSR count). The molecular weight excluding hydrogens is 220 g/mol. The van der Waals surface area contributed by atoms with Crippen LogP contribution in [0.3, 0.4) is 0 Å². The zero-order valence-corrected chi connectivity index (χ0v) is 10.6. The Kier molecular flexibility index (Phi) is 1.93. The Balaban J connectivity index is 2.12. The lowest BCUT2D eigenvalue weighted by atomic mass is 9.90. The van der Waals surface area contributed by atoms with Gasteiger partial charge in [-0.1, -0.05) is 25.4 Å². The van der Waals surface area contributed by atoms with E-state index >= 15 is 0 Å². The van der Waals surface area contributed by atoms with Gasteiger partial charge < -0.3 is 5.11 Å². The van der Waals surface area contributed by atoms with Crippen molar-refractivity contribution in [2.45, 2.75) is 50.4 Å². The summed E-state index contributed by atoms with van der Waals surface area (Å²) in [5, 5.41) is 10.7. The third-order valence-corrected chi connectivity index (χ3v) is 4.70. The predicted molar refractivity (Wildman–Crippen MR) is 66.3 cm³/mol. The summed E-state index contributed by atoms with van der Waals surface area (Å²) >= 11 is 6.24. The van der Waals surface area contributed by atoms with Crippen LogP contribution < -0.4 is 0 Å². The molecule has 2 heteroatoms. The van der Waals surface area contributed by atoms with Crippen molar-refractivity contribution in [3.63, 3.8) is 0 Å². The third-order valence-electron chi connectivity index (χ3n) is 4.39. The fourth-order valence-electron chi connectivity index (χ4n) is 2.42. The van der Waals surface area contributed by atoms with Crippen molar-refractivity contribution in [2.24, 2.45) is 0 Å². The van der Waals surface area contributed by atoms with Crippen LogP contribution in [0.25, 0.3) is 0 Å². The molecule has 86 valence electrons. The Morgan fingerprint density at radius 1 is 1.00 bits per heavy atom. The maximum atomic E-state index is 9.99. The highest BCUT2D eigenvalue weighted by molar-refractivity contribution is 6.31. The summed E-state index contributed by atoms with van der Waals surface area (Å²) in [6.07, 6.45) is 4.79. The predicted octanol–water partition coefficient (Wildman–Crippen LogP) is 4.15. The van der Waals surface area contributed by atoms with Crippen molar-refractivity contribution in [1.29, 1.82) is 0 Å². The van der Waals surface area contributed by atoms with Crippen molar-refractivity contribution >= 4 is 11.6 Å². The Morgan fingerprint density at radius 3 is 2.00 bits per heavy atom. The lowest BCUT2D eigenvalue weighted by molar-refractivity contribution is 0.461. The first-order chi connectivity index (χ1) is 7.45. The fraction of sp³-hybridized carbons (Fsp3) is 0.571. The highest BCUT2D eigenvalue weighted by Crippen LogP contribution is 2.55. The van der Waals surface area contributed by atoms with Crippen LogP contribution >= 0.6 is 11.6 Å². The minimum atomic E-state index is 0.203. The van der Waals surface area contributed by atoms with Crippen LogP contribution in [0.2, 0.25) is 5.02 Å². The van der Waals surface area contributed by atoms with E-state index < -0.39 is 0 Å². The standard InChI is InChI=1S/C14H17ClO/c1-13(3-4-13)9-7-10(14(2)5-6-14)12(16)8-11(9)15/h7-8,16H,3-6H2,1-2H3. The van der Waals surface area contributed by atoms with E-state index in [1.54, 1.807) is 6.07 Å². The van der Waals surface area contributed by atoms with Crippen LogP contribution in [0.15, 0.2) is 12.1 Å². The molecule has 2 aliphatic carbocycles. The van der Waals surface area contributed by atoms with Gasteiger partial charge in [0.05, 0.1) is 0 Å². The molecule has 2 aliphatic rings. The summed E-state index contributed by atoms with van der Waals surface area (Å²) in [5.41, 5.74) is 2.80.